The second-order valence-electron chi connectivity index (χ2n) is 4.77. The average Bonchev–Trinajstić information content (AvgIpc) is 2.94. The van der Waals surface area contributed by atoms with Crippen LogP contribution in [0, 0.1) is 0 Å². The maximum Gasteiger partial charge on any atom is 0.253 e. The number of rotatable bonds is 2. The molecule has 2 heterocycles. The molecule has 1 N–H and O–H groups in total. The lowest BCUT2D eigenvalue weighted by Gasteiger charge is -2.10. The van der Waals surface area contributed by atoms with Crippen LogP contribution in [0.2, 0.25) is 0 Å². The summed E-state index contributed by atoms with van der Waals surface area (Å²) in [6, 6.07) is 9.51. The largest absolute Gasteiger partial charge is 0.345 e. The maximum absolute atomic E-state index is 11.8. The Bertz CT molecular complexity index is 759. The zero-order chi connectivity index (χ0) is 14.1. The zero-order valence-corrected chi connectivity index (χ0v) is 11.3. The van der Waals surface area contributed by atoms with E-state index in [2.05, 4.69) is 15.0 Å². The van der Waals surface area contributed by atoms with E-state index in [0.717, 1.165) is 16.6 Å². The second kappa shape index (κ2) is 4.77. The highest BCUT2D eigenvalue weighted by molar-refractivity contribution is 5.94. The highest BCUT2D eigenvalue weighted by atomic mass is 16.2. The van der Waals surface area contributed by atoms with Gasteiger partial charge in [-0.1, -0.05) is 12.1 Å². The number of imidazole rings is 1. The predicted molar refractivity (Wildman–Crippen MR) is 77.3 cm³/mol. The molecule has 0 aliphatic heterocycles. The fraction of sp³-hybridized carbons (Fsp3) is 0.133. The summed E-state index contributed by atoms with van der Waals surface area (Å²) < 4.78 is 0. The van der Waals surface area contributed by atoms with Crippen molar-refractivity contribution in [3.05, 3.63) is 48.4 Å². The second-order valence-corrected chi connectivity index (χ2v) is 4.77. The number of hydrogen-bond donors (Lipinski definition) is 1. The topological polar surface area (TPSA) is 61.9 Å². The van der Waals surface area contributed by atoms with Crippen LogP contribution in [0.15, 0.2) is 42.9 Å². The van der Waals surface area contributed by atoms with E-state index >= 15 is 0 Å². The van der Waals surface area contributed by atoms with Crippen LogP contribution in [0.5, 0.6) is 0 Å². The monoisotopic (exact) mass is 266 g/mol. The zero-order valence-electron chi connectivity index (χ0n) is 11.3. The van der Waals surface area contributed by atoms with E-state index < -0.39 is 0 Å². The van der Waals surface area contributed by atoms with Crippen molar-refractivity contribution in [3.8, 4) is 11.1 Å². The number of amides is 1. The van der Waals surface area contributed by atoms with E-state index in [1.54, 1.807) is 31.5 Å². The van der Waals surface area contributed by atoms with Crippen molar-refractivity contribution in [1.82, 2.24) is 19.9 Å². The van der Waals surface area contributed by atoms with Gasteiger partial charge in [0.1, 0.15) is 0 Å². The molecule has 0 fully saturated rings. The molecule has 5 nitrogen and oxygen atoms in total. The van der Waals surface area contributed by atoms with Crippen molar-refractivity contribution in [3.63, 3.8) is 0 Å². The Kier molecular flexibility index (Phi) is 2.95. The summed E-state index contributed by atoms with van der Waals surface area (Å²) in [6.07, 6.45) is 3.41. The number of hydrogen-bond acceptors (Lipinski definition) is 3. The molecule has 0 atom stereocenters. The van der Waals surface area contributed by atoms with E-state index in [1.807, 2.05) is 30.3 Å². The van der Waals surface area contributed by atoms with Gasteiger partial charge >= 0.3 is 0 Å². The van der Waals surface area contributed by atoms with Crippen LogP contribution in [0.1, 0.15) is 10.4 Å². The van der Waals surface area contributed by atoms with Gasteiger partial charge in [0, 0.05) is 31.4 Å². The summed E-state index contributed by atoms with van der Waals surface area (Å²) in [5.41, 5.74) is 4.29. The summed E-state index contributed by atoms with van der Waals surface area (Å²) >= 11 is 0. The fourth-order valence-corrected chi connectivity index (χ4v) is 2.05. The molecule has 0 saturated heterocycles. The molecule has 1 aromatic carbocycles. The van der Waals surface area contributed by atoms with Crippen molar-refractivity contribution in [1.29, 1.82) is 0 Å². The number of nitrogens with zero attached hydrogens (tertiary/aromatic N) is 3. The van der Waals surface area contributed by atoms with Gasteiger partial charge in [-0.05, 0) is 23.8 Å². The molecule has 0 aliphatic rings. The number of aromatic amines is 1. The first kappa shape index (κ1) is 12.3. The van der Waals surface area contributed by atoms with Crippen LogP contribution in [-0.4, -0.2) is 39.9 Å². The van der Waals surface area contributed by atoms with Crippen LogP contribution >= 0.6 is 0 Å². The molecule has 3 rings (SSSR count). The molecule has 0 radical (unpaired) electrons. The number of benzene rings is 1. The van der Waals surface area contributed by atoms with Crippen LogP contribution in [-0.2, 0) is 0 Å². The van der Waals surface area contributed by atoms with Gasteiger partial charge in [0.15, 0.2) is 5.65 Å². The Balaban J connectivity index is 1.96. The van der Waals surface area contributed by atoms with Crippen molar-refractivity contribution < 1.29 is 4.79 Å². The third kappa shape index (κ3) is 2.14. The van der Waals surface area contributed by atoms with E-state index in [9.17, 15) is 4.79 Å². The quantitative estimate of drug-likeness (QED) is 0.774. The standard InChI is InChI=1S/C15H14N4O/c1-19(2)15(20)11-5-3-10(4-6-11)12-7-13-14(16-8-12)18-9-17-13/h3-9H,1-2H3,(H,16,17,18). The van der Waals surface area contributed by atoms with E-state index in [0.29, 0.717) is 11.2 Å². The predicted octanol–water partition coefficient (Wildman–Crippen LogP) is 2.33. The first-order valence-corrected chi connectivity index (χ1v) is 6.26. The van der Waals surface area contributed by atoms with Crippen LogP contribution in [0.3, 0.4) is 0 Å². The summed E-state index contributed by atoms with van der Waals surface area (Å²) in [5, 5.41) is 0. The number of carbonyl (C=O) groups excluding carboxylic acids is 1. The Morgan fingerprint density at radius 3 is 2.55 bits per heavy atom. The Hall–Kier alpha value is -2.69. The number of H-pyrrole nitrogens is 1. The number of fused-ring (bicyclic) bond motifs is 1. The summed E-state index contributed by atoms with van der Waals surface area (Å²) in [5.74, 6) is -0.00121. The molecular formula is C15H14N4O. The number of nitrogens with one attached hydrogen (secondary N) is 1. The fourth-order valence-electron chi connectivity index (χ4n) is 2.05. The van der Waals surface area contributed by atoms with E-state index in [1.165, 1.54) is 0 Å². The molecule has 2 aromatic heterocycles. The summed E-state index contributed by atoms with van der Waals surface area (Å²) in [7, 11) is 3.48. The summed E-state index contributed by atoms with van der Waals surface area (Å²) in [4.78, 5) is 24.8. The average molecular weight is 266 g/mol. The van der Waals surface area contributed by atoms with Crippen LogP contribution in [0.4, 0.5) is 0 Å². The van der Waals surface area contributed by atoms with E-state index in [-0.39, 0.29) is 5.91 Å². The molecule has 1 amide bonds. The lowest BCUT2D eigenvalue weighted by Crippen LogP contribution is -2.21. The molecule has 3 aromatic rings. The first-order chi connectivity index (χ1) is 9.65. The first-order valence-electron chi connectivity index (χ1n) is 6.26. The molecule has 5 heteroatoms. The Morgan fingerprint density at radius 2 is 1.85 bits per heavy atom. The van der Waals surface area contributed by atoms with Gasteiger partial charge in [0.25, 0.3) is 5.91 Å². The lowest BCUT2D eigenvalue weighted by molar-refractivity contribution is 0.0827. The molecule has 0 aliphatic carbocycles. The third-order valence-corrected chi connectivity index (χ3v) is 3.14. The van der Waals surface area contributed by atoms with Crippen molar-refractivity contribution >= 4 is 17.1 Å². The molecule has 100 valence electrons. The van der Waals surface area contributed by atoms with Crippen molar-refractivity contribution in [2.24, 2.45) is 0 Å². The van der Waals surface area contributed by atoms with Crippen molar-refractivity contribution in [2.75, 3.05) is 14.1 Å². The molecular weight excluding hydrogens is 252 g/mol. The van der Waals surface area contributed by atoms with Crippen LogP contribution < -0.4 is 0 Å². The van der Waals surface area contributed by atoms with Crippen LogP contribution in [0.25, 0.3) is 22.3 Å². The van der Waals surface area contributed by atoms with Gasteiger partial charge in [-0.2, -0.15) is 0 Å². The molecule has 0 bridgehead atoms. The lowest BCUT2D eigenvalue weighted by atomic mass is 10.1. The molecule has 0 spiro atoms. The van der Waals surface area contributed by atoms with Gasteiger partial charge in [-0.15, -0.1) is 0 Å². The minimum atomic E-state index is -0.00121. The molecule has 0 unspecified atom stereocenters. The SMILES string of the molecule is CN(C)C(=O)c1ccc(-c2cnc3nc[nH]c3c2)cc1. The Labute approximate surface area is 116 Å². The van der Waals surface area contributed by atoms with Gasteiger partial charge in [0.2, 0.25) is 0 Å². The van der Waals surface area contributed by atoms with Gasteiger partial charge in [-0.25, -0.2) is 9.97 Å². The normalized spacial score (nSPS) is 10.7. The van der Waals surface area contributed by atoms with Crippen molar-refractivity contribution in [2.45, 2.75) is 0 Å². The highest BCUT2D eigenvalue weighted by Gasteiger charge is 2.08. The Morgan fingerprint density at radius 1 is 1.10 bits per heavy atom. The number of carbonyl (C=O) groups is 1. The molecule has 0 saturated carbocycles. The minimum absolute atomic E-state index is 0.00121. The smallest absolute Gasteiger partial charge is 0.253 e. The number of aromatic nitrogens is 3. The maximum atomic E-state index is 11.8. The minimum Gasteiger partial charge on any atom is -0.345 e. The molecule has 20 heavy (non-hydrogen) atoms. The summed E-state index contributed by atoms with van der Waals surface area (Å²) in [6.45, 7) is 0. The van der Waals surface area contributed by atoms with Gasteiger partial charge in [-0.3, -0.25) is 4.79 Å². The van der Waals surface area contributed by atoms with E-state index in [4.69, 9.17) is 0 Å². The third-order valence-electron chi connectivity index (χ3n) is 3.14. The van der Waals surface area contributed by atoms with Gasteiger partial charge in [0.05, 0.1) is 11.8 Å². The van der Waals surface area contributed by atoms with Gasteiger partial charge < -0.3 is 9.88 Å². The number of pyridine rings is 1. The highest BCUT2D eigenvalue weighted by Crippen LogP contribution is 2.21.